The Labute approximate surface area is 132 Å². The van der Waals surface area contributed by atoms with Crippen LogP contribution in [-0.2, 0) is 6.42 Å². The van der Waals surface area contributed by atoms with Crippen molar-refractivity contribution in [2.45, 2.75) is 26.7 Å². The number of rotatable bonds is 6. The number of nitrogens with one attached hydrogen (secondary N) is 2. The third-order valence-corrected chi connectivity index (χ3v) is 3.93. The first kappa shape index (κ1) is 15.7. The standard InChI is InChI=1S/C13H16ClN5OS/c1-3-5-15-10-6-8(9(14)7-16-10)12(20)17-13-19-18-11(4-2)21-13/h6-7H,3-5H2,1-2H3,(H,15,16)(H,17,19,20). The van der Waals surface area contributed by atoms with Crippen molar-refractivity contribution in [3.05, 3.63) is 27.9 Å². The molecule has 2 heterocycles. The highest BCUT2D eigenvalue weighted by Gasteiger charge is 2.14. The zero-order chi connectivity index (χ0) is 15.2. The van der Waals surface area contributed by atoms with Gasteiger partial charge in [-0.05, 0) is 18.9 Å². The molecule has 0 aromatic carbocycles. The summed E-state index contributed by atoms with van der Waals surface area (Å²) in [6, 6.07) is 1.63. The smallest absolute Gasteiger partial charge is 0.259 e. The predicted octanol–water partition coefficient (Wildman–Crippen LogP) is 3.22. The molecule has 0 saturated heterocycles. The third kappa shape index (κ3) is 4.12. The molecule has 112 valence electrons. The maximum Gasteiger partial charge on any atom is 0.259 e. The lowest BCUT2D eigenvalue weighted by Gasteiger charge is -2.07. The number of aryl methyl sites for hydroxylation is 1. The predicted molar refractivity (Wildman–Crippen MR) is 85.3 cm³/mol. The van der Waals surface area contributed by atoms with Gasteiger partial charge in [-0.2, -0.15) is 0 Å². The summed E-state index contributed by atoms with van der Waals surface area (Å²) in [6.07, 6.45) is 3.22. The number of halogens is 1. The van der Waals surface area contributed by atoms with Crippen molar-refractivity contribution in [1.29, 1.82) is 0 Å². The molecule has 0 bridgehead atoms. The minimum atomic E-state index is -0.319. The lowest BCUT2D eigenvalue weighted by molar-refractivity contribution is 0.102. The van der Waals surface area contributed by atoms with Crippen LogP contribution in [0.3, 0.4) is 0 Å². The van der Waals surface area contributed by atoms with Gasteiger partial charge in [0.05, 0.1) is 10.6 Å². The molecule has 21 heavy (non-hydrogen) atoms. The van der Waals surface area contributed by atoms with Crippen LogP contribution in [-0.4, -0.2) is 27.6 Å². The Morgan fingerprint density at radius 1 is 1.38 bits per heavy atom. The molecule has 0 saturated carbocycles. The van der Waals surface area contributed by atoms with Crippen molar-refractivity contribution in [2.24, 2.45) is 0 Å². The Hall–Kier alpha value is -1.73. The monoisotopic (exact) mass is 325 g/mol. The molecule has 2 N–H and O–H groups in total. The van der Waals surface area contributed by atoms with Crippen molar-refractivity contribution in [3.8, 4) is 0 Å². The van der Waals surface area contributed by atoms with Crippen LogP contribution >= 0.6 is 22.9 Å². The van der Waals surface area contributed by atoms with Gasteiger partial charge in [-0.1, -0.05) is 36.8 Å². The summed E-state index contributed by atoms with van der Waals surface area (Å²) in [7, 11) is 0. The molecule has 0 spiro atoms. The van der Waals surface area contributed by atoms with E-state index in [2.05, 4.69) is 32.7 Å². The van der Waals surface area contributed by atoms with Gasteiger partial charge in [0.2, 0.25) is 5.13 Å². The first-order chi connectivity index (χ1) is 10.1. The molecule has 8 heteroatoms. The van der Waals surface area contributed by atoms with E-state index < -0.39 is 0 Å². The molecule has 0 aliphatic carbocycles. The number of aromatic nitrogens is 3. The van der Waals surface area contributed by atoms with Crippen LogP contribution in [0.2, 0.25) is 5.02 Å². The number of amides is 1. The zero-order valence-corrected chi connectivity index (χ0v) is 13.4. The molecule has 0 radical (unpaired) electrons. The van der Waals surface area contributed by atoms with Crippen LogP contribution in [0.25, 0.3) is 0 Å². The highest BCUT2D eigenvalue weighted by molar-refractivity contribution is 7.15. The summed E-state index contributed by atoms with van der Waals surface area (Å²) >= 11 is 7.39. The van der Waals surface area contributed by atoms with Gasteiger partial charge in [-0.25, -0.2) is 4.98 Å². The van der Waals surface area contributed by atoms with Crippen molar-refractivity contribution in [3.63, 3.8) is 0 Å². The maximum absolute atomic E-state index is 12.2. The van der Waals surface area contributed by atoms with Crippen LogP contribution < -0.4 is 10.6 Å². The number of anilines is 2. The molecular formula is C13H16ClN5OS. The number of carbonyl (C=O) groups is 1. The molecule has 2 aromatic heterocycles. The summed E-state index contributed by atoms with van der Waals surface area (Å²) in [5, 5.41) is 15.3. The average molecular weight is 326 g/mol. The van der Waals surface area contributed by atoms with Gasteiger partial charge in [0.15, 0.2) is 0 Å². The van der Waals surface area contributed by atoms with E-state index in [0.717, 1.165) is 24.4 Å². The van der Waals surface area contributed by atoms with Crippen LogP contribution in [0.1, 0.15) is 35.6 Å². The molecule has 2 aromatic rings. The molecule has 1 amide bonds. The minimum absolute atomic E-state index is 0.301. The first-order valence-electron chi connectivity index (χ1n) is 6.67. The largest absolute Gasteiger partial charge is 0.370 e. The summed E-state index contributed by atoms with van der Waals surface area (Å²) in [6.45, 7) is 4.82. The quantitative estimate of drug-likeness (QED) is 0.852. The minimum Gasteiger partial charge on any atom is -0.370 e. The summed E-state index contributed by atoms with van der Waals surface area (Å²) in [4.78, 5) is 16.4. The number of nitrogens with zero attached hydrogens (tertiary/aromatic N) is 3. The highest BCUT2D eigenvalue weighted by atomic mass is 35.5. The fraction of sp³-hybridized carbons (Fsp3) is 0.385. The molecular weight excluding hydrogens is 310 g/mol. The Balaban J connectivity index is 2.13. The van der Waals surface area contributed by atoms with Gasteiger partial charge in [0, 0.05) is 12.7 Å². The van der Waals surface area contributed by atoms with Gasteiger partial charge in [0.25, 0.3) is 5.91 Å². The second-order valence-electron chi connectivity index (χ2n) is 4.28. The van der Waals surface area contributed by atoms with Crippen molar-refractivity contribution >= 4 is 39.8 Å². The van der Waals surface area contributed by atoms with E-state index in [-0.39, 0.29) is 5.91 Å². The maximum atomic E-state index is 12.2. The molecule has 2 rings (SSSR count). The SMILES string of the molecule is CCCNc1cc(C(=O)Nc2nnc(CC)s2)c(Cl)cn1. The fourth-order valence-electron chi connectivity index (χ4n) is 1.57. The number of carbonyl (C=O) groups excluding carboxylic acids is 1. The van der Waals surface area contributed by atoms with Crippen molar-refractivity contribution < 1.29 is 4.79 Å². The van der Waals surface area contributed by atoms with Crippen LogP contribution in [0, 0.1) is 0 Å². The lowest BCUT2D eigenvalue weighted by atomic mass is 10.2. The van der Waals surface area contributed by atoms with Crippen molar-refractivity contribution in [1.82, 2.24) is 15.2 Å². The van der Waals surface area contributed by atoms with Crippen molar-refractivity contribution in [2.75, 3.05) is 17.2 Å². The number of hydrogen-bond donors (Lipinski definition) is 2. The van der Waals surface area contributed by atoms with E-state index in [1.807, 2.05) is 6.92 Å². The average Bonchev–Trinajstić information content (AvgIpc) is 2.94. The molecule has 6 nitrogen and oxygen atoms in total. The first-order valence-corrected chi connectivity index (χ1v) is 7.86. The Bertz CT molecular complexity index is 631. The van der Waals surface area contributed by atoms with Crippen LogP contribution in [0.4, 0.5) is 10.9 Å². The summed E-state index contributed by atoms with van der Waals surface area (Å²) in [5.74, 6) is 0.304. The van der Waals surface area contributed by atoms with Crippen LogP contribution in [0.5, 0.6) is 0 Å². The Kier molecular flexibility index (Phi) is 5.46. The van der Waals surface area contributed by atoms with E-state index >= 15 is 0 Å². The van der Waals surface area contributed by atoms with E-state index in [1.54, 1.807) is 6.07 Å². The molecule has 0 aliphatic heterocycles. The second-order valence-corrected chi connectivity index (χ2v) is 5.75. The Morgan fingerprint density at radius 2 is 2.19 bits per heavy atom. The highest BCUT2D eigenvalue weighted by Crippen LogP contribution is 2.21. The number of pyridine rings is 1. The van der Waals surface area contributed by atoms with E-state index in [0.29, 0.717) is 21.5 Å². The zero-order valence-electron chi connectivity index (χ0n) is 11.8. The second kappa shape index (κ2) is 7.33. The van der Waals surface area contributed by atoms with E-state index in [9.17, 15) is 4.79 Å². The molecule has 0 aliphatic rings. The third-order valence-electron chi connectivity index (χ3n) is 2.65. The molecule has 0 unspecified atom stereocenters. The van der Waals surface area contributed by atoms with Gasteiger partial charge in [-0.15, -0.1) is 10.2 Å². The summed E-state index contributed by atoms with van der Waals surface area (Å²) in [5.41, 5.74) is 0.360. The van der Waals surface area contributed by atoms with E-state index in [4.69, 9.17) is 11.6 Å². The molecule has 0 fully saturated rings. The fourth-order valence-corrected chi connectivity index (χ4v) is 2.44. The summed E-state index contributed by atoms with van der Waals surface area (Å²) < 4.78 is 0. The van der Waals surface area contributed by atoms with Gasteiger partial charge >= 0.3 is 0 Å². The van der Waals surface area contributed by atoms with Gasteiger partial charge in [0.1, 0.15) is 10.8 Å². The normalized spacial score (nSPS) is 10.4. The van der Waals surface area contributed by atoms with Crippen LogP contribution in [0.15, 0.2) is 12.3 Å². The van der Waals surface area contributed by atoms with Gasteiger partial charge < -0.3 is 5.32 Å². The number of hydrogen-bond acceptors (Lipinski definition) is 6. The van der Waals surface area contributed by atoms with E-state index in [1.165, 1.54) is 17.5 Å². The molecule has 0 atom stereocenters. The van der Waals surface area contributed by atoms with Gasteiger partial charge in [-0.3, -0.25) is 10.1 Å². The topological polar surface area (TPSA) is 79.8 Å². The Morgan fingerprint density at radius 3 is 2.86 bits per heavy atom. The lowest BCUT2D eigenvalue weighted by Crippen LogP contribution is -2.13.